The second-order valence-corrected chi connectivity index (χ2v) is 6.54. The highest BCUT2D eigenvalue weighted by Crippen LogP contribution is 2.35. The van der Waals surface area contributed by atoms with Crippen LogP contribution >= 0.6 is 0 Å². The molecule has 0 aliphatic carbocycles. The standard InChI is InChI=1S/C23H20O6/c24-12-17-6-8-20(22(10-17)26-13-16-4-2-1-3-5-16)27-14-19(25)18-7-9-21-23(11-18)29-15-28-21/h1-12,19,25H,13-15H2/t19-/m1/s1. The summed E-state index contributed by atoms with van der Waals surface area (Å²) in [5, 5.41) is 10.5. The van der Waals surface area contributed by atoms with Gasteiger partial charge in [0.1, 0.15) is 25.6 Å². The van der Waals surface area contributed by atoms with Crippen LogP contribution in [0.2, 0.25) is 0 Å². The molecule has 3 aromatic rings. The van der Waals surface area contributed by atoms with Crippen LogP contribution in [0.4, 0.5) is 0 Å². The molecule has 1 atom stereocenters. The van der Waals surface area contributed by atoms with Crippen LogP contribution in [-0.2, 0) is 6.61 Å². The zero-order valence-corrected chi connectivity index (χ0v) is 15.6. The van der Waals surface area contributed by atoms with Gasteiger partial charge < -0.3 is 24.1 Å². The predicted octanol–water partition coefficient (Wildman–Crippen LogP) is 3.92. The summed E-state index contributed by atoms with van der Waals surface area (Å²) in [4.78, 5) is 11.1. The van der Waals surface area contributed by atoms with Gasteiger partial charge in [-0.25, -0.2) is 0 Å². The van der Waals surface area contributed by atoms with Crippen molar-refractivity contribution in [2.45, 2.75) is 12.7 Å². The SMILES string of the molecule is O=Cc1ccc(OC[C@@H](O)c2ccc3c(c2)OCO3)c(OCc2ccccc2)c1. The van der Waals surface area contributed by atoms with E-state index in [1.54, 1.807) is 36.4 Å². The first-order valence-electron chi connectivity index (χ1n) is 9.19. The first-order valence-corrected chi connectivity index (χ1v) is 9.19. The van der Waals surface area contributed by atoms with Gasteiger partial charge in [-0.3, -0.25) is 4.79 Å². The molecule has 29 heavy (non-hydrogen) atoms. The highest BCUT2D eigenvalue weighted by atomic mass is 16.7. The maximum atomic E-state index is 11.1. The van der Waals surface area contributed by atoms with E-state index in [4.69, 9.17) is 18.9 Å². The van der Waals surface area contributed by atoms with E-state index in [0.29, 0.717) is 40.7 Å². The van der Waals surface area contributed by atoms with Crippen LogP contribution in [0.15, 0.2) is 66.7 Å². The van der Waals surface area contributed by atoms with E-state index in [1.165, 1.54) is 0 Å². The summed E-state index contributed by atoms with van der Waals surface area (Å²) in [6, 6.07) is 19.9. The molecule has 0 aromatic heterocycles. The van der Waals surface area contributed by atoms with Crippen LogP contribution in [0.5, 0.6) is 23.0 Å². The summed E-state index contributed by atoms with van der Waals surface area (Å²) in [6.07, 6.45) is -0.113. The molecule has 0 amide bonds. The second kappa shape index (κ2) is 8.67. The monoisotopic (exact) mass is 392 g/mol. The molecule has 6 nitrogen and oxygen atoms in total. The largest absolute Gasteiger partial charge is 0.487 e. The fourth-order valence-corrected chi connectivity index (χ4v) is 2.95. The van der Waals surface area contributed by atoms with Gasteiger partial charge in [0.2, 0.25) is 6.79 Å². The summed E-state index contributed by atoms with van der Waals surface area (Å²) < 4.78 is 22.3. The second-order valence-electron chi connectivity index (χ2n) is 6.54. The van der Waals surface area contributed by atoms with Crippen molar-refractivity contribution in [2.75, 3.05) is 13.4 Å². The number of benzene rings is 3. The molecule has 1 N–H and O–H groups in total. The van der Waals surface area contributed by atoms with Crippen molar-refractivity contribution >= 4 is 6.29 Å². The van der Waals surface area contributed by atoms with E-state index < -0.39 is 6.10 Å². The van der Waals surface area contributed by atoms with Crippen molar-refractivity contribution in [3.8, 4) is 23.0 Å². The van der Waals surface area contributed by atoms with Gasteiger partial charge >= 0.3 is 0 Å². The van der Waals surface area contributed by atoms with Crippen molar-refractivity contribution < 1.29 is 28.8 Å². The number of hydrogen-bond donors (Lipinski definition) is 1. The third-order valence-corrected chi connectivity index (χ3v) is 4.52. The minimum atomic E-state index is -0.864. The number of carbonyl (C=O) groups excluding carboxylic acids is 1. The molecule has 0 saturated heterocycles. The zero-order chi connectivity index (χ0) is 20.1. The number of fused-ring (bicyclic) bond motifs is 1. The van der Waals surface area contributed by atoms with Crippen LogP contribution < -0.4 is 18.9 Å². The van der Waals surface area contributed by atoms with Gasteiger partial charge in [0.25, 0.3) is 0 Å². The van der Waals surface area contributed by atoms with Gasteiger partial charge in [-0.05, 0) is 41.5 Å². The number of aliphatic hydroxyl groups excluding tert-OH is 1. The van der Waals surface area contributed by atoms with Crippen LogP contribution in [0.3, 0.4) is 0 Å². The number of hydrogen-bond acceptors (Lipinski definition) is 6. The number of aldehydes is 1. The third kappa shape index (κ3) is 4.50. The lowest BCUT2D eigenvalue weighted by Crippen LogP contribution is -2.10. The lowest BCUT2D eigenvalue weighted by Gasteiger charge is -2.16. The van der Waals surface area contributed by atoms with E-state index in [1.807, 2.05) is 30.3 Å². The summed E-state index contributed by atoms with van der Waals surface area (Å²) in [5.41, 5.74) is 2.14. The van der Waals surface area contributed by atoms with E-state index in [-0.39, 0.29) is 13.4 Å². The first-order chi connectivity index (χ1) is 14.2. The molecule has 1 heterocycles. The maximum Gasteiger partial charge on any atom is 0.231 e. The number of aliphatic hydroxyl groups is 1. The molecule has 0 bridgehead atoms. The lowest BCUT2D eigenvalue weighted by molar-refractivity contribution is 0.105. The molecule has 0 fully saturated rings. The third-order valence-electron chi connectivity index (χ3n) is 4.52. The fourth-order valence-electron chi connectivity index (χ4n) is 2.95. The van der Waals surface area contributed by atoms with E-state index in [9.17, 15) is 9.90 Å². The number of carbonyl (C=O) groups is 1. The highest BCUT2D eigenvalue weighted by Gasteiger charge is 2.18. The van der Waals surface area contributed by atoms with Crippen molar-refractivity contribution in [3.05, 3.63) is 83.4 Å². The molecule has 1 aliphatic rings. The highest BCUT2D eigenvalue weighted by molar-refractivity contribution is 5.76. The average molecular weight is 392 g/mol. The Kier molecular flexibility index (Phi) is 5.63. The van der Waals surface area contributed by atoms with Gasteiger partial charge in [0, 0.05) is 5.56 Å². The smallest absolute Gasteiger partial charge is 0.231 e. The van der Waals surface area contributed by atoms with E-state index in [0.717, 1.165) is 11.8 Å². The molecule has 148 valence electrons. The topological polar surface area (TPSA) is 74.2 Å². The molecule has 3 aromatic carbocycles. The Morgan fingerprint density at radius 1 is 0.931 bits per heavy atom. The molecule has 0 saturated carbocycles. The summed E-state index contributed by atoms with van der Waals surface area (Å²) in [6.45, 7) is 0.530. The Bertz CT molecular complexity index is 986. The normalized spacial score (nSPS) is 13.0. The molecule has 0 unspecified atom stereocenters. The van der Waals surface area contributed by atoms with Crippen molar-refractivity contribution in [2.24, 2.45) is 0 Å². The predicted molar refractivity (Wildman–Crippen MR) is 106 cm³/mol. The molecule has 1 aliphatic heterocycles. The summed E-state index contributed by atoms with van der Waals surface area (Å²) in [5.74, 6) is 2.15. The minimum Gasteiger partial charge on any atom is -0.487 e. The fraction of sp³-hybridized carbons (Fsp3) is 0.174. The molecule has 4 rings (SSSR count). The van der Waals surface area contributed by atoms with Gasteiger partial charge in [-0.1, -0.05) is 36.4 Å². The van der Waals surface area contributed by atoms with Crippen molar-refractivity contribution in [1.29, 1.82) is 0 Å². The molecule has 6 heteroatoms. The van der Waals surface area contributed by atoms with Crippen molar-refractivity contribution in [1.82, 2.24) is 0 Å². The van der Waals surface area contributed by atoms with Crippen LogP contribution in [0.25, 0.3) is 0 Å². The Labute approximate surface area is 168 Å². The van der Waals surface area contributed by atoms with Crippen molar-refractivity contribution in [3.63, 3.8) is 0 Å². The maximum absolute atomic E-state index is 11.1. The van der Waals surface area contributed by atoms with Gasteiger partial charge in [-0.15, -0.1) is 0 Å². The zero-order valence-electron chi connectivity index (χ0n) is 15.6. The van der Waals surface area contributed by atoms with Gasteiger partial charge in [-0.2, -0.15) is 0 Å². The summed E-state index contributed by atoms with van der Waals surface area (Å²) >= 11 is 0. The Morgan fingerprint density at radius 2 is 1.76 bits per heavy atom. The molecule has 0 spiro atoms. The average Bonchev–Trinajstić information content (AvgIpc) is 3.25. The van der Waals surface area contributed by atoms with Gasteiger partial charge in [0.15, 0.2) is 23.0 Å². The van der Waals surface area contributed by atoms with Crippen LogP contribution in [0, 0.1) is 0 Å². The van der Waals surface area contributed by atoms with E-state index >= 15 is 0 Å². The molecular formula is C23H20O6. The molecular weight excluding hydrogens is 372 g/mol. The lowest BCUT2D eigenvalue weighted by atomic mass is 10.1. The Hall–Kier alpha value is -3.51. The first kappa shape index (κ1) is 18.8. The number of rotatable bonds is 8. The Morgan fingerprint density at radius 3 is 2.59 bits per heavy atom. The van der Waals surface area contributed by atoms with Crippen LogP contribution in [0.1, 0.15) is 27.6 Å². The van der Waals surface area contributed by atoms with Gasteiger partial charge in [0.05, 0.1) is 0 Å². The van der Waals surface area contributed by atoms with Crippen LogP contribution in [-0.4, -0.2) is 24.8 Å². The minimum absolute atomic E-state index is 0.0157. The quantitative estimate of drug-likeness (QED) is 0.586. The number of ether oxygens (including phenoxy) is 4. The summed E-state index contributed by atoms with van der Waals surface area (Å²) in [7, 11) is 0. The Balaban J connectivity index is 1.45. The molecule has 0 radical (unpaired) electrons. The van der Waals surface area contributed by atoms with E-state index in [2.05, 4.69) is 0 Å².